The van der Waals surface area contributed by atoms with Crippen LogP contribution in [-0.2, 0) is 16.8 Å². The van der Waals surface area contributed by atoms with Gasteiger partial charge in [0.1, 0.15) is 17.2 Å². The molecule has 0 heterocycles. The number of phenols is 3. The van der Waals surface area contributed by atoms with E-state index in [0.29, 0.717) is 11.6 Å². The minimum absolute atomic E-state index is 0.0163. The van der Waals surface area contributed by atoms with Gasteiger partial charge < -0.3 is 35.3 Å². The molecule has 0 saturated heterocycles. The fourth-order valence-corrected chi connectivity index (χ4v) is 3.28. The molecule has 0 saturated carbocycles. The van der Waals surface area contributed by atoms with Gasteiger partial charge in [-0.1, -0.05) is 12.1 Å². The van der Waals surface area contributed by atoms with Crippen LogP contribution in [0, 0.1) is 0 Å². The summed E-state index contributed by atoms with van der Waals surface area (Å²) in [5.74, 6) is -4.26. The van der Waals surface area contributed by atoms with Gasteiger partial charge in [-0.15, -0.1) is 0 Å². The minimum Gasteiger partial charge on any atom is -0.508 e. The number of aliphatic hydroxyl groups is 2. The Morgan fingerprint density at radius 3 is 2.21 bits per heavy atom. The Hall–Kier alpha value is -2.09. The lowest BCUT2D eigenvalue weighted by Crippen LogP contribution is -2.32. The molecular weight excluding hydrogens is 339 g/mol. The molecule has 0 unspecified atom stereocenters. The van der Waals surface area contributed by atoms with E-state index >= 15 is 0 Å². The van der Waals surface area contributed by atoms with Crippen LogP contribution in [0.4, 0.5) is 0 Å². The van der Waals surface area contributed by atoms with Gasteiger partial charge in [-0.25, -0.2) is 0 Å². The highest BCUT2D eigenvalue weighted by atomic mass is 31.2. The number of hydrogen-bond donors (Lipinski definition) is 7. The summed E-state index contributed by atoms with van der Waals surface area (Å²) in [4.78, 5) is 18.7. The third-order valence-corrected chi connectivity index (χ3v) is 4.45. The summed E-state index contributed by atoms with van der Waals surface area (Å²) in [5.41, 5.74) is -0.216. The van der Waals surface area contributed by atoms with Crippen LogP contribution in [0.25, 0.3) is 0 Å². The first-order valence-electron chi connectivity index (χ1n) is 6.86. The van der Waals surface area contributed by atoms with Crippen molar-refractivity contribution in [3.63, 3.8) is 0 Å². The molecule has 9 heteroatoms. The standard InChI is InChI=1S/C15H17O8P/c16-10-3-1-2-9(6-10)4-5-15(19,20)14-12(18)7-11(17)8-13(14)24(21,22)23/h1-3,6-8,16-20H,4-5H2,(H2,21,22,23). The second-order valence-electron chi connectivity index (χ2n) is 5.39. The van der Waals surface area contributed by atoms with Crippen LogP contribution in [0.2, 0.25) is 0 Å². The van der Waals surface area contributed by atoms with Crippen molar-refractivity contribution in [1.82, 2.24) is 0 Å². The lowest BCUT2D eigenvalue weighted by molar-refractivity contribution is -0.174. The summed E-state index contributed by atoms with van der Waals surface area (Å²) in [6.45, 7) is 0. The predicted octanol–water partition coefficient (Wildman–Crippen LogP) is 0.377. The zero-order chi connectivity index (χ0) is 18.1. The smallest absolute Gasteiger partial charge is 0.356 e. The first-order chi connectivity index (χ1) is 11.0. The number of phenolic OH excluding ortho intramolecular Hbond substituents is 3. The van der Waals surface area contributed by atoms with Crippen LogP contribution < -0.4 is 5.30 Å². The van der Waals surface area contributed by atoms with E-state index < -0.39 is 42.2 Å². The Morgan fingerprint density at radius 2 is 1.62 bits per heavy atom. The number of rotatable bonds is 5. The maximum absolute atomic E-state index is 11.5. The highest BCUT2D eigenvalue weighted by Crippen LogP contribution is 2.43. The van der Waals surface area contributed by atoms with Gasteiger partial charge in [-0.05, 0) is 30.2 Å². The van der Waals surface area contributed by atoms with E-state index in [-0.39, 0.29) is 12.2 Å². The molecule has 130 valence electrons. The van der Waals surface area contributed by atoms with Gasteiger partial charge >= 0.3 is 7.60 Å². The fraction of sp³-hybridized carbons (Fsp3) is 0.200. The van der Waals surface area contributed by atoms with E-state index in [9.17, 15) is 39.9 Å². The topological polar surface area (TPSA) is 159 Å². The molecule has 0 aliphatic rings. The van der Waals surface area contributed by atoms with Gasteiger partial charge in [-0.3, -0.25) is 4.57 Å². The van der Waals surface area contributed by atoms with Crippen molar-refractivity contribution in [2.75, 3.05) is 0 Å². The third-order valence-electron chi connectivity index (χ3n) is 3.47. The van der Waals surface area contributed by atoms with E-state index in [4.69, 9.17) is 0 Å². The van der Waals surface area contributed by atoms with Crippen LogP contribution in [0.3, 0.4) is 0 Å². The Labute approximate surface area is 137 Å². The second kappa shape index (κ2) is 6.43. The van der Waals surface area contributed by atoms with Gasteiger partial charge in [-0.2, -0.15) is 0 Å². The van der Waals surface area contributed by atoms with Crippen molar-refractivity contribution in [3.8, 4) is 17.2 Å². The van der Waals surface area contributed by atoms with E-state index in [1.807, 2.05) is 0 Å². The largest absolute Gasteiger partial charge is 0.508 e. The van der Waals surface area contributed by atoms with E-state index in [0.717, 1.165) is 6.07 Å². The van der Waals surface area contributed by atoms with Gasteiger partial charge in [0, 0.05) is 12.5 Å². The predicted molar refractivity (Wildman–Crippen MR) is 84.0 cm³/mol. The number of hydrogen-bond acceptors (Lipinski definition) is 6. The fourth-order valence-electron chi connectivity index (χ4n) is 2.39. The number of aromatic hydroxyl groups is 3. The first kappa shape index (κ1) is 18.3. The molecule has 2 aromatic carbocycles. The van der Waals surface area contributed by atoms with Gasteiger partial charge in [0.05, 0.1) is 10.9 Å². The highest BCUT2D eigenvalue weighted by molar-refractivity contribution is 7.60. The van der Waals surface area contributed by atoms with E-state index in [1.165, 1.54) is 12.1 Å². The molecule has 0 bridgehead atoms. The number of benzene rings is 2. The average Bonchev–Trinajstić information content (AvgIpc) is 2.43. The summed E-state index contributed by atoms with van der Waals surface area (Å²) in [7, 11) is -4.99. The molecule has 8 nitrogen and oxygen atoms in total. The molecule has 2 aromatic rings. The lowest BCUT2D eigenvalue weighted by Gasteiger charge is -2.26. The molecule has 7 N–H and O–H groups in total. The maximum atomic E-state index is 11.5. The zero-order valence-corrected chi connectivity index (χ0v) is 13.3. The van der Waals surface area contributed by atoms with Crippen molar-refractivity contribution in [3.05, 3.63) is 47.5 Å². The highest BCUT2D eigenvalue weighted by Gasteiger charge is 2.37. The summed E-state index contributed by atoms with van der Waals surface area (Å²) < 4.78 is 11.5. The van der Waals surface area contributed by atoms with Crippen molar-refractivity contribution < 1.29 is 39.9 Å². The van der Waals surface area contributed by atoms with Crippen LogP contribution in [0.5, 0.6) is 17.2 Å². The van der Waals surface area contributed by atoms with Crippen LogP contribution in [0.1, 0.15) is 17.5 Å². The Kier molecular flexibility index (Phi) is 4.89. The van der Waals surface area contributed by atoms with Crippen LogP contribution in [0.15, 0.2) is 36.4 Å². The summed E-state index contributed by atoms with van der Waals surface area (Å²) >= 11 is 0. The molecule has 0 radical (unpaired) electrons. The first-order valence-corrected chi connectivity index (χ1v) is 8.47. The molecule has 0 aliphatic heterocycles. The molecule has 2 rings (SSSR count). The second-order valence-corrected chi connectivity index (χ2v) is 6.96. The SMILES string of the molecule is O=P(O)(O)c1cc(O)cc(O)c1C(O)(O)CCc1cccc(O)c1. The Morgan fingerprint density at radius 1 is 0.958 bits per heavy atom. The zero-order valence-electron chi connectivity index (χ0n) is 12.4. The normalized spacial score (nSPS) is 12.3. The van der Waals surface area contributed by atoms with Gasteiger partial charge in [0.2, 0.25) is 0 Å². The third kappa shape index (κ3) is 4.05. The van der Waals surface area contributed by atoms with Crippen molar-refractivity contribution in [2.45, 2.75) is 18.6 Å². The summed E-state index contributed by atoms with van der Waals surface area (Å²) in [5, 5.41) is 48.2. The molecule has 0 fully saturated rings. The summed E-state index contributed by atoms with van der Waals surface area (Å²) in [6.07, 6.45) is -0.371. The summed E-state index contributed by atoms with van der Waals surface area (Å²) in [6, 6.07) is 7.44. The van der Waals surface area contributed by atoms with Gasteiger partial charge in [0.15, 0.2) is 5.79 Å². The minimum atomic E-state index is -4.99. The molecule has 0 spiro atoms. The molecule has 0 aromatic heterocycles. The molecule has 0 atom stereocenters. The maximum Gasteiger partial charge on any atom is 0.356 e. The molecule has 0 aliphatic carbocycles. The average molecular weight is 356 g/mol. The molecule has 0 amide bonds. The molecular formula is C15H17O8P. The van der Waals surface area contributed by atoms with Crippen molar-refractivity contribution in [2.24, 2.45) is 0 Å². The molecule has 24 heavy (non-hydrogen) atoms. The van der Waals surface area contributed by atoms with Crippen LogP contribution >= 0.6 is 7.60 Å². The van der Waals surface area contributed by atoms with E-state index in [1.54, 1.807) is 12.1 Å². The van der Waals surface area contributed by atoms with E-state index in [2.05, 4.69) is 0 Å². The van der Waals surface area contributed by atoms with Gasteiger partial charge in [0.25, 0.3) is 0 Å². The van der Waals surface area contributed by atoms with Crippen molar-refractivity contribution >= 4 is 12.9 Å². The quantitative estimate of drug-likeness (QED) is 0.299. The Bertz CT molecular complexity index is 796. The lowest BCUT2D eigenvalue weighted by atomic mass is 9.97. The van der Waals surface area contributed by atoms with Crippen LogP contribution in [-0.4, -0.2) is 35.3 Å². The van der Waals surface area contributed by atoms with Crippen molar-refractivity contribution in [1.29, 1.82) is 0 Å². The number of aryl methyl sites for hydroxylation is 1. The Balaban J connectivity index is 2.40. The monoisotopic (exact) mass is 356 g/mol.